The number of ether oxygens (including phenoxy) is 1. The molecule has 0 aromatic heterocycles. The summed E-state index contributed by atoms with van der Waals surface area (Å²) in [7, 11) is 0. The summed E-state index contributed by atoms with van der Waals surface area (Å²) < 4.78 is 28.0. The van der Waals surface area contributed by atoms with Gasteiger partial charge >= 0.3 is 17.3 Å². The molecule has 2 saturated carbocycles. The lowest BCUT2D eigenvalue weighted by Crippen LogP contribution is -2.60. The van der Waals surface area contributed by atoms with Crippen molar-refractivity contribution in [1.82, 2.24) is 5.32 Å². The molecule has 0 spiro atoms. The van der Waals surface area contributed by atoms with Crippen molar-refractivity contribution in [2.45, 2.75) is 58.1 Å². The van der Waals surface area contributed by atoms with Crippen LogP contribution < -0.4 is 5.32 Å². The summed E-state index contributed by atoms with van der Waals surface area (Å²) in [4.78, 5) is 23.8. The summed E-state index contributed by atoms with van der Waals surface area (Å²) in [6.45, 7) is 8.67. The van der Waals surface area contributed by atoms with Crippen LogP contribution >= 0.6 is 0 Å². The van der Waals surface area contributed by atoms with Crippen molar-refractivity contribution in [2.75, 3.05) is 19.8 Å². The average molecular weight is 454 g/mol. The van der Waals surface area contributed by atoms with Gasteiger partial charge in [0, 0.05) is 5.41 Å². The van der Waals surface area contributed by atoms with Gasteiger partial charge in [0.2, 0.25) is 5.91 Å². The third-order valence-corrected chi connectivity index (χ3v) is 8.72. The van der Waals surface area contributed by atoms with Gasteiger partial charge in [-0.05, 0) is 49.4 Å². The van der Waals surface area contributed by atoms with Crippen molar-refractivity contribution < 1.29 is 32.0 Å². The van der Waals surface area contributed by atoms with Crippen LogP contribution in [0.2, 0.25) is 0 Å². The number of aliphatic hydroxyl groups excluding tert-OH is 1. The second-order valence-corrected chi connectivity index (χ2v) is 10.5. The number of carbonyl (C=O) groups excluding carboxylic acids is 2. The van der Waals surface area contributed by atoms with E-state index in [0.29, 0.717) is 24.5 Å². The van der Waals surface area contributed by atoms with Crippen LogP contribution in [-0.4, -0.2) is 53.2 Å². The van der Waals surface area contributed by atoms with Gasteiger partial charge < -0.3 is 15.2 Å². The first-order valence-electron chi connectivity index (χ1n) is 10.9. The standard InChI is InChI=1S/C22H31NO7S/c1-13-4-7-17-21(2,9-8-18-22(17,3)12-29-31(27)30-18)15(13)6-5-14-16(11-28-20(14)26)23-19(25)10-24/h5,15-18,24H,1,4,6-12H2,2-3H3,(H,23,25)/b14-5+/t15-,16-,17+,18-,21+,22+,31?/m1/s1. The van der Waals surface area contributed by atoms with Gasteiger partial charge in [-0.25, -0.2) is 4.79 Å². The number of aliphatic hydroxyl groups is 1. The lowest BCUT2D eigenvalue weighted by Gasteiger charge is -2.61. The fourth-order valence-electron chi connectivity index (χ4n) is 6.36. The van der Waals surface area contributed by atoms with Crippen molar-refractivity contribution >= 4 is 23.2 Å². The minimum atomic E-state index is -1.68. The number of hydrogen-bond donors (Lipinski definition) is 2. The van der Waals surface area contributed by atoms with Crippen LogP contribution in [0, 0.1) is 22.7 Å². The van der Waals surface area contributed by atoms with Crippen molar-refractivity contribution in [3.05, 3.63) is 23.8 Å². The van der Waals surface area contributed by atoms with Crippen LogP contribution in [0.4, 0.5) is 0 Å². The molecule has 9 heteroatoms. The number of rotatable bonds is 4. The minimum absolute atomic E-state index is 0.0600. The van der Waals surface area contributed by atoms with E-state index in [4.69, 9.17) is 18.2 Å². The van der Waals surface area contributed by atoms with E-state index < -0.39 is 35.9 Å². The molecule has 2 aliphatic heterocycles. The molecule has 4 aliphatic rings. The zero-order valence-electron chi connectivity index (χ0n) is 18.1. The smallest absolute Gasteiger partial charge is 0.336 e. The highest BCUT2D eigenvalue weighted by atomic mass is 32.2. The molecular formula is C22H31NO7S. The summed E-state index contributed by atoms with van der Waals surface area (Å²) in [5.74, 6) is -0.500. The van der Waals surface area contributed by atoms with E-state index in [1.807, 2.05) is 6.08 Å². The van der Waals surface area contributed by atoms with Gasteiger partial charge in [0.05, 0.1) is 24.3 Å². The maximum Gasteiger partial charge on any atom is 0.336 e. The second-order valence-electron chi connectivity index (χ2n) is 9.68. The van der Waals surface area contributed by atoms with Gasteiger partial charge in [-0.2, -0.15) is 4.21 Å². The SMILES string of the molecule is C=C1CC[C@@H]2[C@]3(C)COS(=O)O[C@@H]3CC[C@@]2(C)[C@@H]1C/C=C1/C(=O)OC[C@H]1NC(=O)CO. The average Bonchev–Trinajstić information content (AvgIpc) is 3.07. The summed E-state index contributed by atoms with van der Waals surface area (Å²) in [6, 6.07) is -0.545. The van der Waals surface area contributed by atoms with Crippen LogP contribution in [0.15, 0.2) is 23.8 Å². The summed E-state index contributed by atoms with van der Waals surface area (Å²) in [5.41, 5.74) is 1.31. The molecule has 4 fully saturated rings. The van der Waals surface area contributed by atoms with Gasteiger partial charge in [0.15, 0.2) is 0 Å². The Morgan fingerprint density at radius 3 is 2.87 bits per heavy atom. The fraction of sp³-hybridized carbons (Fsp3) is 0.727. The Labute approximate surface area is 185 Å². The van der Waals surface area contributed by atoms with Gasteiger partial charge in [0.1, 0.15) is 13.2 Å². The maximum absolute atomic E-state index is 12.3. The van der Waals surface area contributed by atoms with E-state index in [1.54, 1.807) is 0 Å². The number of carbonyl (C=O) groups is 2. The molecule has 0 bridgehead atoms. The number of nitrogens with one attached hydrogen (secondary N) is 1. The predicted octanol–water partition coefficient (Wildman–Crippen LogP) is 1.72. The first-order chi connectivity index (χ1) is 14.7. The Bertz CT molecular complexity index is 842. The first kappa shape index (κ1) is 22.6. The summed E-state index contributed by atoms with van der Waals surface area (Å²) >= 11 is -1.68. The van der Waals surface area contributed by atoms with Crippen LogP contribution in [0.3, 0.4) is 0 Å². The zero-order valence-corrected chi connectivity index (χ0v) is 18.9. The topological polar surface area (TPSA) is 111 Å². The molecule has 2 N–H and O–H groups in total. The van der Waals surface area contributed by atoms with E-state index in [9.17, 15) is 13.8 Å². The molecular weight excluding hydrogens is 422 g/mol. The Hall–Kier alpha value is -1.55. The number of allylic oxidation sites excluding steroid dienone is 2. The molecule has 7 atom stereocenters. The third kappa shape index (κ3) is 3.90. The molecule has 1 amide bonds. The molecule has 0 aromatic carbocycles. The molecule has 2 aliphatic carbocycles. The minimum Gasteiger partial charge on any atom is -0.460 e. The largest absolute Gasteiger partial charge is 0.460 e. The second kappa shape index (κ2) is 8.42. The van der Waals surface area contributed by atoms with E-state index in [2.05, 4.69) is 25.7 Å². The molecule has 172 valence electrons. The van der Waals surface area contributed by atoms with Crippen LogP contribution in [0.5, 0.6) is 0 Å². The van der Waals surface area contributed by atoms with Gasteiger partial charge in [-0.3, -0.25) is 13.2 Å². The quantitative estimate of drug-likeness (QED) is 0.379. The Balaban J connectivity index is 1.57. The molecule has 2 saturated heterocycles. The molecule has 1 unspecified atom stereocenters. The lowest BCUT2D eigenvalue weighted by molar-refractivity contribution is -0.154. The summed E-state index contributed by atoms with van der Waals surface area (Å²) in [6.07, 6.45) is 5.98. The van der Waals surface area contributed by atoms with Gasteiger partial charge in [-0.15, -0.1) is 0 Å². The maximum atomic E-state index is 12.3. The number of esters is 1. The molecule has 8 nitrogen and oxygen atoms in total. The lowest BCUT2D eigenvalue weighted by atomic mass is 9.46. The highest BCUT2D eigenvalue weighted by Gasteiger charge is 2.60. The van der Waals surface area contributed by atoms with Crippen LogP contribution in [-0.2, 0) is 34.1 Å². The first-order valence-corrected chi connectivity index (χ1v) is 11.9. The Morgan fingerprint density at radius 2 is 2.13 bits per heavy atom. The van der Waals surface area contributed by atoms with Crippen molar-refractivity contribution in [3.8, 4) is 0 Å². The molecule has 2 heterocycles. The normalized spacial score (nSPS) is 43.8. The Kier molecular flexibility index (Phi) is 6.15. The highest BCUT2D eigenvalue weighted by Crippen LogP contribution is 2.63. The van der Waals surface area contributed by atoms with Crippen molar-refractivity contribution in [2.24, 2.45) is 22.7 Å². The highest BCUT2D eigenvalue weighted by molar-refractivity contribution is 7.75. The van der Waals surface area contributed by atoms with E-state index in [-0.39, 0.29) is 29.5 Å². The molecule has 0 aromatic rings. The third-order valence-electron chi connectivity index (χ3n) is 8.02. The summed E-state index contributed by atoms with van der Waals surface area (Å²) in [5, 5.41) is 11.6. The van der Waals surface area contributed by atoms with Crippen LogP contribution in [0.25, 0.3) is 0 Å². The van der Waals surface area contributed by atoms with Gasteiger partial charge in [-0.1, -0.05) is 32.1 Å². The van der Waals surface area contributed by atoms with Crippen molar-refractivity contribution in [1.29, 1.82) is 0 Å². The van der Waals surface area contributed by atoms with E-state index in [0.717, 1.165) is 25.7 Å². The van der Waals surface area contributed by atoms with E-state index >= 15 is 0 Å². The Morgan fingerprint density at radius 1 is 1.35 bits per heavy atom. The number of amides is 1. The number of hydrogen-bond acceptors (Lipinski definition) is 7. The monoisotopic (exact) mass is 453 g/mol. The number of cyclic esters (lactones) is 1. The number of fused-ring (bicyclic) bond motifs is 3. The van der Waals surface area contributed by atoms with Crippen LogP contribution in [0.1, 0.15) is 46.0 Å². The van der Waals surface area contributed by atoms with Gasteiger partial charge in [0.25, 0.3) is 0 Å². The molecule has 0 radical (unpaired) electrons. The zero-order chi connectivity index (χ0) is 22.4. The van der Waals surface area contributed by atoms with Crippen molar-refractivity contribution in [3.63, 3.8) is 0 Å². The van der Waals surface area contributed by atoms with E-state index in [1.165, 1.54) is 5.57 Å². The predicted molar refractivity (Wildman–Crippen MR) is 112 cm³/mol. The molecule has 4 rings (SSSR count). The fourth-order valence-corrected chi connectivity index (χ4v) is 7.27. The molecule has 31 heavy (non-hydrogen) atoms.